The van der Waals surface area contributed by atoms with E-state index < -0.39 is 0 Å². The number of hydrogen-bond acceptors (Lipinski definition) is 3. The summed E-state index contributed by atoms with van der Waals surface area (Å²) in [5, 5.41) is 3.42. The standard InChI is InChI=1S/C28H23ClFN3O2/c29-24-8-6-23(7-9-24)28(35)33(19-22-2-1-3-25(30)16-22)26-10-4-20(5-11-26)17-27(34)32-18-21-12-14-31-15-13-21/h1-16H,17-19H2,(H,32,34). The van der Waals surface area contributed by atoms with Crippen molar-refractivity contribution in [3.63, 3.8) is 0 Å². The topological polar surface area (TPSA) is 62.3 Å². The van der Waals surface area contributed by atoms with Crippen molar-refractivity contribution in [2.24, 2.45) is 0 Å². The fourth-order valence-corrected chi connectivity index (χ4v) is 3.72. The van der Waals surface area contributed by atoms with Crippen molar-refractivity contribution in [3.8, 4) is 0 Å². The van der Waals surface area contributed by atoms with E-state index in [0.717, 1.165) is 11.1 Å². The summed E-state index contributed by atoms with van der Waals surface area (Å²) < 4.78 is 13.8. The number of rotatable bonds is 8. The molecule has 0 aliphatic carbocycles. The molecule has 35 heavy (non-hydrogen) atoms. The van der Waals surface area contributed by atoms with Crippen molar-refractivity contribution >= 4 is 29.1 Å². The number of amides is 2. The molecule has 0 unspecified atom stereocenters. The summed E-state index contributed by atoms with van der Waals surface area (Å²) in [7, 11) is 0. The molecule has 0 atom stereocenters. The van der Waals surface area contributed by atoms with E-state index in [2.05, 4.69) is 10.3 Å². The van der Waals surface area contributed by atoms with Gasteiger partial charge in [0.2, 0.25) is 5.91 Å². The van der Waals surface area contributed by atoms with Crippen LogP contribution in [0.2, 0.25) is 5.02 Å². The quantitative estimate of drug-likeness (QED) is 0.353. The van der Waals surface area contributed by atoms with E-state index in [1.54, 1.807) is 65.8 Å². The van der Waals surface area contributed by atoms with E-state index in [1.807, 2.05) is 24.3 Å². The molecule has 0 spiro atoms. The monoisotopic (exact) mass is 487 g/mol. The predicted octanol–water partition coefficient (Wildman–Crippen LogP) is 5.58. The van der Waals surface area contributed by atoms with Crippen molar-refractivity contribution in [1.29, 1.82) is 0 Å². The van der Waals surface area contributed by atoms with Crippen LogP contribution >= 0.6 is 11.6 Å². The first-order chi connectivity index (χ1) is 17.0. The van der Waals surface area contributed by atoms with Crippen molar-refractivity contribution in [2.75, 3.05) is 4.90 Å². The minimum atomic E-state index is -0.366. The molecule has 7 heteroatoms. The Morgan fingerprint density at radius 3 is 2.26 bits per heavy atom. The molecule has 4 aromatic rings. The molecule has 0 saturated heterocycles. The predicted molar refractivity (Wildman–Crippen MR) is 135 cm³/mol. The fourth-order valence-electron chi connectivity index (χ4n) is 3.59. The fraction of sp³-hybridized carbons (Fsp3) is 0.107. The molecule has 0 aliphatic heterocycles. The molecule has 4 rings (SSSR count). The zero-order chi connectivity index (χ0) is 24.6. The smallest absolute Gasteiger partial charge is 0.258 e. The first kappa shape index (κ1) is 24.1. The number of halogens is 2. The first-order valence-corrected chi connectivity index (χ1v) is 11.4. The molecule has 2 amide bonds. The molecular formula is C28H23ClFN3O2. The van der Waals surface area contributed by atoms with Gasteiger partial charge in [0, 0.05) is 35.2 Å². The maximum Gasteiger partial charge on any atom is 0.258 e. The summed E-state index contributed by atoms with van der Waals surface area (Å²) >= 11 is 5.97. The summed E-state index contributed by atoms with van der Waals surface area (Å²) in [5.74, 6) is -0.716. The van der Waals surface area contributed by atoms with Crippen LogP contribution in [0.4, 0.5) is 10.1 Å². The third-order valence-corrected chi connectivity index (χ3v) is 5.67. The lowest BCUT2D eigenvalue weighted by Crippen LogP contribution is -2.30. The first-order valence-electron chi connectivity index (χ1n) is 11.0. The van der Waals surface area contributed by atoms with E-state index in [0.29, 0.717) is 28.4 Å². The van der Waals surface area contributed by atoms with E-state index in [1.165, 1.54) is 12.1 Å². The summed E-state index contributed by atoms with van der Waals surface area (Å²) in [6.07, 6.45) is 3.57. The minimum absolute atomic E-state index is 0.108. The van der Waals surface area contributed by atoms with Crippen LogP contribution in [0.25, 0.3) is 0 Å². The zero-order valence-electron chi connectivity index (χ0n) is 18.8. The molecule has 0 aliphatic rings. The number of anilines is 1. The maximum atomic E-state index is 13.8. The van der Waals surface area contributed by atoms with Gasteiger partial charge in [-0.15, -0.1) is 0 Å². The summed E-state index contributed by atoms with van der Waals surface area (Å²) in [6.45, 7) is 0.613. The number of hydrogen-bond donors (Lipinski definition) is 1. The van der Waals surface area contributed by atoms with Gasteiger partial charge < -0.3 is 10.2 Å². The van der Waals surface area contributed by atoms with Crippen LogP contribution < -0.4 is 10.2 Å². The Balaban J connectivity index is 1.49. The van der Waals surface area contributed by atoms with Gasteiger partial charge in [-0.2, -0.15) is 0 Å². The number of nitrogens with one attached hydrogen (secondary N) is 1. The van der Waals surface area contributed by atoms with Crippen LogP contribution in [0.1, 0.15) is 27.0 Å². The zero-order valence-corrected chi connectivity index (χ0v) is 19.6. The Morgan fingerprint density at radius 2 is 1.57 bits per heavy atom. The second-order valence-corrected chi connectivity index (χ2v) is 8.44. The lowest BCUT2D eigenvalue weighted by Gasteiger charge is -2.23. The lowest BCUT2D eigenvalue weighted by atomic mass is 10.1. The van der Waals surface area contributed by atoms with Crippen LogP contribution in [0.15, 0.2) is 97.3 Å². The molecule has 1 N–H and O–H groups in total. The van der Waals surface area contributed by atoms with Crippen LogP contribution in [0, 0.1) is 5.82 Å². The SMILES string of the molecule is O=C(Cc1ccc(N(Cc2cccc(F)c2)C(=O)c2ccc(Cl)cc2)cc1)NCc1ccncc1. The third kappa shape index (κ3) is 6.74. The van der Waals surface area contributed by atoms with Gasteiger partial charge in [0.1, 0.15) is 5.82 Å². The number of benzene rings is 3. The number of carbonyl (C=O) groups excluding carboxylic acids is 2. The van der Waals surface area contributed by atoms with Gasteiger partial charge in [0.15, 0.2) is 0 Å². The molecule has 1 heterocycles. The van der Waals surface area contributed by atoms with Crippen molar-refractivity contribution in [3.05, 3.63) is 130 Å². The Morgan fingerprint density at radius 1 is 0.857 bits per heavy atom. The van der Waals surface area contributed by atoms with Gasteiger partial charge in [0.05, 0.1) is 13.0 Å². The highest BCUT2D eigenvalue weighted by molar-refractivity contribution is 6.30. The molecule has 176 valence electrons. The largest absolute Gasteiger partial charge is 0.352 e. The van der Waals surface area contributed by atoms with E-state index in [4.69, 9.17) is 11.6 Å². The van der Waals surface area contributed by atoms with Gasteiger partial charge in [-0.3, -0.25) is 14.6 Å². The Labute approximate surface area is 208 Å². The Hall–Kier alpha value is -4.03. The normalized spacial score (nSPS) is 10.6. The molecular weight excluding hydrogens is 465 g/mol. The number of carbonyl (C=O) groups is 2. The highest BCUT2D eigenvalue weighted by Gasteiger charge is 2.19. The summed E-state index contributed by atoms with van der Waals surface area (Å²) in [6, 6.07) is 23.7. The van der Waals surface area contributed by atoms with Crippen LogP contribution in [-0.2, 0) is 24.3 Å². The second kappa shape index (κ2) is 11.4. The molecule has 0 fully saturated rings. The average Bonchev–Trinajstić information content (AvgIpc) is 2.87. The van der Waals surface area contributed by atoms with E-state index in [9.17, 15) is 14.0 Å². The Bertz CT molecular complexity index is 1300. The van der Waals surface area contributed by atoms with Crippen LogP contribution in [-0.4, -0.2) is 16.8 Å². The van der Waals surface area contributed by atoms with Gasteiger partial charge in [-0.05, 0) is 77.4 Å². The van der Waals surface area contributed by atoms with Gasteiger partial charge in [0.25, 0.3) is 5.91 Å². The second-order valence-electron chi connectivity index (χ2n) is 8.00. The summed E-state index contributed by atoms with van der Waals surface area (Å²) in [4.78, 5) is 31.2. The average molecular weight is 488 g/mol. The van der Waals surface area contributed by atoms with Crippen molar-refractivity contribution in [2.45, 2.75) is 19.5 Å². The van der Waals surface area contributed by atoms with Gasteiger partial charge >= 0.3 is 0 Å². The Kier molecular flexibility index (Phi) is 7.85. The van der Waals surface area contributed by atoms with Crippen molar-refractivity contribution in [1.82, 2.24) is 10.3 Å². The number of aromatic nitrogens is 1. The van der Waals surface area contributed by atoms with Crippen LogP contribution in [0.5, 0.6) is 0 Å². The van der Waals surface area contributed by atoms with Crippen molar-refractivity contribution < 1.29 is 14.0 Å². The van der Waals surface area contributed by atoms with Gasteiger partial charge in [-0.25, -0.2) is 4.39 Å². The minimum Gasteiger partial charge on any atom is -0.352 e. The summed E-state index contributed by atoms with van der Waals surface area (Å²) in [5.41, 5.74) is 3.54. The van der Waals surface area contributed by atoms with E-state index >= 15 is 0 Å². The van der Waals surface area contributed by atoms with Crippen LogP contribution in [0.3, 0.4) is 0 Å². The molecule has 0 radical (unpaired) electrons. The number of nitrogens with zero attached hydrogens (tertiary/aromatic N) is 2. The highest BCUT2D eigenvalue weighted by atomic mass is 35.5. The molecule has 0 bridgehead atoms. The third-order valence-electron chi connectivity index (χ3n) is 5.42. The number of pyridine rings is 1. The molecule has 1 aromatic heterocycles. The molecule has 5 nitrogen and oxygen atoms in total. The van der Waals surface area contributed by atoms with Gasteiger partial charge in [-0.1, -0.05) is 35.9 Å². The lowest BCUT2D eigenvalue weighted by molar-refractivity contribution is -0.120. The highest BCUT2D eigenvalue weighted by Crippen LogP contribution is 2.22. The maximum absolute atomic E-state index is 13.8. The molecule has 3 aromatic carbocycles. The van der Waals surface area contributed by atoms with E-state index in [-0.39, 0.29) is 30.6 Å². The molecule has 0 saturated carbocycles.